The van der Waals surface area contributed by atoms with E-state index in [1.54, 1.807) is 18.2 Å². The van der Waals surface area contributed by atoms with Gasteiger partial charge >= 0.3 is 5.97 Å². The number of pyridine rings is 1. The number of hydrogen-bond donors (Lipinski definition) is 1. The summed E-state index contributed by atoms with van der Waals surface area (Å²) in [5.41, 5.74) is 0.0531. The molecule has 0 saturated carbocycles. The minimum Gasteiger partial charge on any atom is -0.496 e. The first-order chi connectivity index (χ1) is 9.62. The molecule has 0 bridgehead atoms. The number of carbonyl (C=O) groups is 1. The standard InChI is InChI=1S/C14H13NO5/c1-18-10-4-11(19-2)6-12(5-10)20-13-3-9(14(16)17)7-15-8-13/h3-8H,1-2H3,(H,16,17). The van der Waals surface area contributed by atoms with Crippen molar-refractivity contribution in [3.63, 3.8) is 0 Å². The fraction of sp³-hybridized carbons (Fsp3) is 0.143. The van der Waals surface area contributed by atoms with Gasteiger partial charge < -0.3 is 19.3 Å². The lowest BCUT2D eigenvalue weighted by Crippen LogP contribution is -1.97. The third-order valence-electron chi connectivity index (χ3n) is 2.52. The summed E-state index contributed by atoms with van der Waals surface area (Å²) in [4.78, 5) is 14.7. The molecule has 20 heavy (non-hydrogen) atoms. The maximum atomic E-state index is 10.9. The molecule has 6 nitrogen and oxygen atoms in total. The SMILES string of the molecule is COc1cc(OC)cc(Oc2cncc(C(=O)O)c2)c1. The van der Waals surface area contributed by atoms with Gasteiger partial charge in [-0.2, -0.15) is 0 Å². The number of benzene rings is 1. The van der Waals surface area contributed by atoms with Crippen LogP contribution in [0.3, 0.4) is 0 Å². The van der Waals surface area contributed by atoms with Gasteiger partial charge in [0.1, 0.15) is 23.0 Å². The predicted octanol–water partition coefficient (Wildman–Crippen LogP) is 2.59. The Morgan fingerprint density at radius 1 is 0.950 bits per heavy atom. The smallest absolute Gasteiger partial charge is 0.337 e. The molecule has 1 N–H and O–H groups in total. The number of aromatic carboxylic acids is 1. The van der Waals surface area contributed by atoms with Crippen LogP contribution >= 0.6 is 0 Å². The first-order valence-electron chi connectivity index (χ1n) is 5.71. The van der Waals surface area contributed by atoms with Gasteiger partial charge in [-0.15, -0.1) is 0 Å². The Hall–Kier alpha value is -2.76. The number of carboxylic acid groups (broad SMARTS) is 1. The summed E-state index contributed by atoms with van der Waals surface area (Å²) in [6.45, 7) is 0. The van der Waals surface area contributed by atoms with Crippen molar-refractivity contribution < 1.29 is 24.1 Å². The third kappa shape index (κ3) is 3.17. The number of hydrogen-bond acceptors (Lipinski definition) is 5. The highest BCUT2D eigenvalue weighted by Crippen LogP contribution is 2.30. The van der Waals surface area contributed by atoms with E-state index in [-0.39, 0.29) is 5.56 Å². The van der Waals surface area contributed by atoms with Gasteiger partial charge in [-0.25, -0.2) is 4.79 Å². The van der Waals surface area contributed by atoms with Gasteiger partial charge in [-0.1, -0.05) is 0 Å². The summed E-state index contributed by atoms with van der Waals surface area (Å²) < 4.78 is 15.8. The molecule has 0 amide bonds. The van der Waals surface area contributed by atoms with Gasteiger partial charge in [0.15, 0.2) is 0 Å². The molecule has 0 spiro atoms. The predicted molar refractivity (Wildman–Crippen MR) is 70.8 cm³/mol. The van der Waals surface area contributed by atoms with Crippen LogP contribution in [0.4, 0.5) is 0 Å². The van der Waals surface area contributed by atoms with Crippen molar-refractivity contribution in [2.75, 3.05) is 14.2 Å². The molecule has 2 rings (SSSR count). The maximum absolute atomic E-state index is 10.9. The number of methoxy groups -OCH3 is 2. The number of rotatable bonds is 5. The van der Waals surface area contributed by atoms with Crippen LogP contribution in [0.2, 0.25) is 0 Å². The monoisotopic (exact) mass is 275 g/mol. The second-order valence-corrected chi connectivity index (χ2v) is 3.86. The zero-order valence-electron chi connectivity index (χ0n) is 11.0. The molecule has 0 aliphatic rings. The molecule has 1 heterocycles. The fourth-order valence-corrected chi connectivity index (χ4v) is 1.57. The largest absolute Gasteiger partial charge is 0.496 e. The molecule has 1 aromatic carbocycles. The van der Waals surface area contributed by atoms with Crippen LogP contribution in [0.15, 0.2) is 36.7 Å². The van der Waals surface area contributed by atoms with Crippen LogP contribution < -0.4 is 14.2 Å². The normalized spacial score (nSPS) is 9.90. The molecular weight excluding hydrogens is 262 g/mol. The average Bonchev–Trinajstić information content (AvgIpc) is 2.47. The van der Waals surface area contributed by atoms with Gasteiger partial charge in [0, 0.05) is 24.4 Å². The van der Waals surface area contributed by atoms with Crippen molar-refractivity contribution >= 4 is 5.97 Å². The van der Waals surface area contributed by atoms with E-state index in [9.17, 15) is 4.79 Å². The van der Waals surface area contributed by atoms with E-state index in [0.717, 1.165) is 0 Å². The quantitative estimate of drug-likeness (QED) is 0.903. The fourth-order valence-electron chi connectivity index (χ4n) is 1.57. The zero-order chi connectivity index (χ0) is 14.5. The van der Waals surface area contributed by atoms with Crippen LogP contribution in [0.25, 0.3) is 0 Å². The highest BCUT2D eigenvalue weighted by atomic mass is 16.5. The molecular formula is C14H13NO5. The first kappa shape index (κ1) is 13.7. The Bertz CT molecular complexity index is 604. The van der Waals surface area contributed by atoms with Crippen molar-refractivity contribution in [1.29, 1.82) is 0 Å². The van der Waals surface area contributed by atoms with E-state index in [1.165, 1.54) is 32.7 Å². The molecule has 0 radical (unpaired) electrons. The minimum absolute atomic E-state index is 0.0531. The van der Waals surface area contributed by atoms with Crippen LogP contribution in [-0.2, 0) is 0 Å². The minimum atomic E-state index is -1.06. The van der Waals surface area contributed by atoms with Gasteiger partial charge in [0.05, 0.1) is 26.0 Å². The van der Waals surface area contributed by atoms with Gasteiger partial charge in [-0.3, -0.25) is 4.98 Å². The zero-order valence-corrected chi connectivity index (χ0v) is 11.0. The summed E-state index contributed by atoms with van der Waals surface area (Å²) in [7, 11) is 3.07. The van der Waals surface area contributed by atoms with E-state index in [4.69, 9.17) is 19.3 Å². The lowest BCUT2D eigenvalue weighted by Gasteiger charge is -2.10. The summed E-state index contributed by atoms with van der Waals surface area (Å²) in [6, 6.07) is 6.42. The van der Waals surface area contributed by atoms with E-state index in [2.05, 4.69) is 4.98 Å². The Kier molecular flexibility index (Phi) is 4.05. The van der Waals surface area contributed by atoms with Crippen LogP contribution in [0.1, 0.15) is 10.4 Å². The van der Waals surface area contributed by atoms with E-state index in [1.807, 2.05) is 0 Å². The lowest BCUT2D eigenvalue weighted by molar-refractivity contribution is 0.0696. The molecule has 2 aromatic rings. The molecule has 0 unspecified atom stereocenters. The Morgan fingerprint density at radius 3 is 2.10 bits per heavy atom. The third-order valence-corrected chi connectivity index (χ3v) is 2.52. The second kappa shape index (κ2) is 5.92. The maximum Gasteiger partial charge on any atom is 0.337 e. The molecule has 0 aliphatic heterocycles. The van der Waals surface area contributed by atoms with E-state index < -0.39 is 5.97 Å². The molecule has 0 atom stereocenters. The highest BCUT2D eigenvalue weighted by Gasteiger charge is 2.08. The highest BCUT2D eigenvalue weighted by molar-refractivity contribution is 5.87. The van der Waals surface area contributed by atoms with Gasteiger partial charge in [-0.05, 0) is 6.07 Å². The Balaban J connectivity index is 2.29. The van der Waals surface area contributed by atoms with Crippen molar-refractivity contribution in [2.45, 2.75) is 0 Å². The summed E-state index contributed by atoms with van der Waals surface area (Å²) >= 11 is 0. The molecule has 0 fully saturated rings. The summed E-state index contributed by atoms with van der Waals surface area (Å²) in [5.74, 6) is 0.861. The molecule has 1 aromatic heterocycles. The van der Waals surface area contributed by atoms with E-state index >= 15 is 0 Å². The first-order valence-corrected chi connectivity index (χ1v) is 5.71. The molecule has 104 valence electrons. The van der Waals surface area contributed by atoms with Crippen molar-refractivity contribution in [1.82, 2.24) is 4.98 Å². The summed E-state index contributed by atoms with van der Waals surface area (Å²) in [6.07, 6.45) is 2.68. The summed E-state index contributed by atoms with van der Waals surface area (Å²) in [5, 5.41) is 8.90. The number of aromatic nitrogens is 1. The Morgan fingerprint density at radius 2 is 1.55 bits per heavy atom. The van der Waals surface area contributed by atoms with Crippen molar-refractivity contribution in [3.05, 3.63) is 42.2 Å². The van der Waals surface area contributed by atoms with Crippen molar-refractivity contribution in [3.8, 4) is 23.0 Å². The van der Waals surface area contributed by atoms with Gasteiger partial charge in [0.2, 0.25) is 0 Å². The Labute approximate surface area is 115 Å². The number of carboxylic acids is 1. The second-order valence-electron chi connectivity index (χ2n) is 3.86. The number of nitrogens with zero attached hydrogens (tertiary/aromatic N) is 1. The molecule has 0 aliphatic carbocycles. The number of ether oxygens (including phenoxy) is 3. The van der Waals surface area contributed by atoms with Gasteiger partial charge in [0.25, 0.3) is 0 Å². The van der Waals surface area contributed by atoms with Crippen LogP contribution in [0, 0.1) is 0 Å². The molecule has 0 saturated heterocycles. The van der Waals surface area contributed by atoms with Crippen LogP contribution in [-0.4, -0.2) is 30.3 Å². The molecule has 6 heteroatoms. The van der Waals surface area contributed by atoms with Crippen molar-refractivity contribution in [2.24, 2.45) is 0 Å². The van der Waals surface area contributed by atoms with Crippen LogP contribution in [0.5, 0.6) is 23.0 Å². The average molecular weight is 275 g/mol. The van der Waals surface area contributed by atoms with E-state index in [0.29, 0.717) is 23.0 Å². The topological polar surface area (TPSA) is 77.9 Å². The lowest BCUT2D eigenvalue weighted by atomic mass is 10.2.